The van der Waals surface area contributed by atoms with Gasteiger partial charge in [-0.15, -0.1) is 0 Å². The van der Waals surface area contributed by atoms with Crippen LogP contribution in [-0.4, -0.2) is 52.2 Å². The van der Waals surface area contributed by atoms with E-state index in [0.717, 1.165) is 40.5 Å². The Labute approximate surface area is 314 Å². The molecular weight excluding hydrogens is 762 g/mol. The van der Waals surface area contributed by atoms with E-state index < -0.39 is 41.1 Å². The molecule has 53 heavy (non-hydrogen) atoms. The van der Waals surface area contributed by atoms with E-state index in [1.165, 1.54) is 24.5 Å². The number of nitrogens with zero attached hydrogens (tertiary/aromatic N) is 6. The summed E-state index contributed by atoms with van der Waals surface area (Å²) in [7, 11) is -5.67. The Kier molecular flexibility index (Phi) is 9.95. The summed E-state index contributed by atoms with van der Waals surface area (Å²) >= 11 is 12.1. The SMILES string of the molecule is C[Si](C)(C)CCOCn1ccnc1-c1cn(-c2ccc3ncnc(Nc4c(F)ccc(NS(=O)(=O)c5cccc(Cl)c5Cl)c4F)c3n2)c2ccccc12. The molecule has 0 fully saturated rings. The molecule has 11 nitrogen and oxygen atoms in total. The fourth-order valence-electron chi connectivity index (χ4n) is 5.66. The van der Waals surface area contributed by atoms with Crippen molar-refractivity contribution in [1.82, 2.24) is 29.1 Å². The van der Waals surface area contributed by atoms with Gasteiger partial charge in [-0.25, -0.2) is 37.1 Å². The molecule has 0 unspecified atom stereocenters. The molecule has 0 spiro atoms. The van der Waals surface area contributed by atoms with Crippen LogP contribution in [0.3, 0.4) is 0 Å². The van der Waals surface area contributed by atoms with Crippen LogP contribution in [0.4, 0.5) is 26.0 Å². The summed E-state index contributed by atoms with van der Waals surface area (Å²) < 4.78 is 69.4. The highest BCUT2D eigenvalue weighted by Gasteiger charge is 2.24. The van der Waals surface area contributed by atoms with E-state index in [1.54, 1.807) is 18.3 Å². The quantitative estimate of drug-likeness (QED) is 0.0926. The number of para-hydroxylation sites is 1. The van der Waals surface area contributed by atoms with Crippen LogP contribution in [0, 0.1) is 11.6 Å². The number of hydrogen-bond donors (Lipinski definition) is 2. The maximum Gasteiger partial charge on any atom is 0.263 e. The summed E-state index contributed by atoms with van der Waals surface area (Å²) in [5, 5.41) is 3.35. The lowest BCUT2D eigenvalue weighted by Gasteiger charge is -2.16. The largest absolute Gasteiger partial charge is 0.361 e. The summed E-state index contributed by atoms with van der Waals surface area (Å²) in [5.74, 6) is -1.05. The van der Waals surface area contributed by atoms with Crippen molar-refractivity contribution in [2.24, 2.45) is 0 Å². The molecule has 0 bridgehead atoms. The van der Waals surface area contributed by atoms with Gasteiger partial charge < -0.3 is 19.2 Å². The minimum atomic E-state index is -4.42. The van der Waals surface area contributed by atoms with E-state index in [1.807, 2.05) is 45.8 Å². The third-order valence-electron chi connectivity index (χ3n) is 8.39. The van der Waals surface area contributed by atoms with Crippen LogP contribution in [0.2, 0.25) is 35.7 Å². The standard InChI is InChI=1S/C36H32Cl2F2N8O3SSi/c1-53(2,3)18-17-51-21-47-16-15-41-36(47)23-19-48(28-9-5-4-7-22(23)28)30-14-13-27-34(44-30)35(43-20-42-27)45-33-25(39)11-12-26(32(33)40)46-52(49,50)29-10-6-8-24(37)31(29)38/h4-16,19-20,46H,17-18,21H2,1-3H3,(H,42,43,45). The monoisotopic (exact) mass is 792 g/mol. The van der Waals surface area contributed by atoms with Gasteiger partial charge in [0.25, 0.3) is 10.0 Å². The van der Waals surface area contributed by atoms with Crippen LogP contribution in [-0.2, 0) is 21.5 Å². The van der Waals surface area contributed by atoms with Gasteiger partial charge in [0.05, 0.1) is 26.8 Å². The van der Waals surface area contributed by atoms with E-state index in [-0.39, 0.29) is 26.3 Å². The van der Waals surface area contributed by atoms with Crippen molar-refractivity contribution in [1.29, 1.82) is 0 Å². The maximum absolute atomic E-state index is 15.9. The Morgan fingerprint density at radius 1 is 0.943 bits per heavy atom. The Bertz CT molecular complexity index is 2610. The minimum Gasteiger partial charge on any atom is -0.361 e. The van der Waals surface area contributed by atoms with Crippen molar-refractivity contribution >= 4 is 80.4 Å². The molecule has 17 heteroatoms. The predicted molar refractivity (Wildman–Crippen MR) is 206 cm³/mol. The van der Waals surface area contributed by atoms with Crippen LogP contribution in [0.15, 0.2) is 96.5 Å². The number of anilines is 3. The number of sulfonamides is 1. The summed E-state index contributed by atoms with van der Waals surface area (Å²) in [6.07, 6.45) is 6.77. The Morgan fingerprint density at radius 2 is 1.75 bits per heavy atom. The molecular formula is C36H32Cl2F2N8O3SSi. The second kappa shape index (κ2) is 14.5. The lowest BCUT2D eigenvalue weighted by Crippen LogP contribution is -2.22. The van der Waals surface area contributed by atoms with Gasteiger partial charge in [0.15, 0.2) is 11.6 Å². The lowest BCUT2D eigenvalue weighted by molar-refractivity contribution is 0.0883. The van der Waals surface area contributed by atoms with Gasteiger partial charge in [-0.2, -0.15) is 0 Å². The molecule has 0 amide bonds. The number of pyridine rings is 1. The van der Waals surface area contributed by atoms with Gasteiger partial charge in [0, 0.05) is 44.2 Å². The van der Waals surface area contributed by atoms with Crippen LogP contribution in [0.5, 0.6) is 0 Å². The predicted octanol–water partition coefficient (Wildman–Crippen LogP) is 9.27. The number of benzene rings is 3. The van der Waals surface area contributed by atoms with Crippen LogP contribution < -0.4 is 10.0 Å². The van der Waals surface area contributed by atoms with E-state index in [9.17, 15) is 8.42 Å². The summed E-state index contributed by atoms with van der Waals surface area (Å²) in [4.78, 5) is 17.7. The first kappa shape index (κ1) is 36.4. The van der Waals surface area contributed by atoms with E-state index in [0.29, 0.717) is 24.7 Å². The molecule has 7 aromatic rings. The van der Waals surface area contributed by atoms with Gasteiger partial charge in [0.2, 0.25) is 0 Å². The molecule has 0 radical (unpaired) electrons. The number of aromatic nitrogens is 6. The van der Waals surface area contributed by atoms with Crippen LogP contribution >= 0.6 is 23.2 Å². The molecule has 4 heterocycles. The smallest absolute Gasteiger partial charge is 0.263 e. The number of hydrogen-bond acceptors (Lipinski definition) is 8. The summed E-state index contributed by atoms with van der Waals surface area (Å²) in [6, 6.07) is 18.2. The van der Waals surface area contributed by atoms with Crippen molar-refractivity contribution in [2.75, 3.05) is 16.6 Å². The summed E-state index contributed by atoms with van der Waals surface area (Å²) in [5.41, 5.74) is 1.09. The Balaban J connectivity index is 1.23. The van der Waals surface area contributed by atoms with Crippen LogP contribution in [0.1, 0.15) is 0 Å². The zero-order valence-electron chi connectivity index (χ0n) is 28.6. The third kappa shape index (κ3) is 7.48. The maximum atomic E-state index is 15.9. The molecule has 0 saturated heterocycles. The first-order valence-electron chi connectivity index (χ1n) is 16.3. The number of nitrogens with one attached hydrogen (secondary N) is 2. The number of ether oxygens (including phenoxy) is 1. The molecule has 0 aliphatic heterocycles. The van der Waals surface area contributed by atoms with Gasteiger partial charge in [-0.1, -0.05) is 67.1 Å². The van der Waals surface area contributed by atoms with E-state index in [2.05, 4.69) is 44.6 Å². The number of halogens is 4. The molecule has 2 N–H and O–H groups in total. The van der Waals surface area contributed by atoms with Crippen molar-refractivity contribution in [3.63, 3.8) is 0 Å². The third-order valence-corrected chi connectivity index (χ3v) is 12.4. The molecule has 0 aliphatic carbocycles. The fourth-order valence-corrected chi connectivity index (χ4v) is 8.24. The fraction of sp³-hybridized carbons (Fsp3) is 0.167. The number of fused-ring (bicyclic) bond motifs is 2. The molecule has 4 aromatic heterocycles. The number of rotatable bonds is 12. The normalized spacial score (nSPS) is 12.1. The average molecular weight is 794 g/mol. The van der Waals surface area contributed by atoms with Crippen molar-refractivity contribution < 1.29 is 21.9 Å². The lowest BCUT2D eigenvalue weighted by atomic mass is 10.1. The zero-order chi connectivity index (χ0) is 37.5. The molecule has 7 rings (SSSR count). The van der Waals surface area contributed by atoms with Crippen molar-refractivity contribution in [3.8, 4) is 17.2 Å². The van der Waals surface area contributed by atoms with E-state index in [4.69, 9.17) is 32.9 Å². The highest BCUT2D eigenvalue weighted by Crippen LogP contribution is 2.35. The van der Waals surface area contributed by atoms with Crippen molar-refractivity contribution in [2.45, 2.75) is 37.3 Å². The van der Waals surface area contributed by atoms with Gasteiger partial charge in [0.1, 0.15) is 46.6 Å². The second-order valence-electron chi connectivity index (χ2n) is 13.3. The summed E-state index contributed by atoms with van der Waals surface area (Å²) in [6.45, 7) is 7.94. The molecule has 272 valence electrons. The van der Waals surface area contributed by atoms with Gasteiger partial charge >= 0.3 is 0 Å². The molecule has 0 atom stereocenters. The topological polar surface area (TPSA) is 129 Å². The molecule has 0 aliphatic rings. The van der Waals surface area contributed by atoms with Gasteiger partial charge in [-0.3, -0.25) is 4.72 Å². The molecule has 3 aromatic carbocycles. The van der Waals surface area contributed by atoms with Crippen LogP contribution in [0.25, 0.3) is 39.1 Å². The minimum absolute atomic E-state index is 0.00723. The number of imidazole rings is 1. The second-order valence-corrected chi connectivity index (χ2v) is 21.4. The Morgan fingerprint density at radius 3 is 2.57 bits per heavy atom. The van der Waals surface area contributed by atoms with E-state index >= 15 is 8.78 Å². The zero-order valence-corrected chi connectivity index (χ0v) is 31.9. The first-order valence-corrected chi connectivity index (χ1v) is 22.3. The molecule has 0 saturated carbocycles. The van der Waals surface area contributed by atoms with Gasteiger partial charge in [-0.05, 0) is 48.5 Å². The van der Waals surface area contributed by atoms with Crippen molar-refractivity contribution in [3.05, 3.63) is 113 Å². The highest BCUT2D eigenvalue weighted by molar-refractivity contribution is 7.92. The highest BCUT2D eigenvalue weighted by atomic mass is 35.5. The average Bonchev–Trinajstić information content (AvgIpc) is 3.75. The Hall–Kier alpha value is -4.93. The first-order chi connectivity index (χ1) is 25.3.